The Bertz CT molecular complexity index is 796. The smallest absolute Gasteiger partial charge is 0.119 e. The average Bonchev–Trinajstić information content (AvgIpc) is 3.27. The van der Waals surface area contributed by atoms with Gasteiger partial charge in [0.25, 0.3) is 0 Å². The first-order chi connectivity index (χ1) is 14.6. The minimum atomic E-state index is -0.0152. The molecule has 1 fully saturated rings. The Morgan fingerprint density at radius 1 is 1.03 bits per heavy atom. The van der Waals surface area contributed by atoms with Gasteiger partial charge in [-0.2, -0.15) is 0 Å². The van der Waals surface area contributed by atoms with Crippen molar-refractivity contribution in [3.63, 3.8) is 0 Å². The maximum atomic E-state index is 6.08. The third-order valence-corrected chi connectivity index (χ3v) is 6.88. The van der Waals surface area contributed by atoms with Crippen LogP contribution in [0.25, 0.3) is 0 Å². The van der Waals surface area contributed by atoms with E-state index in [9.17, 15) is 0 Å². The summed E-state index contributed by atoms with van der Waals surface area (Å²) in [7, 11) is 0. The number of fused-ring (bicyclic) bond motifs is 1. The van der Waals surface area contributed by atoms with Crippen LogP contribution in [-0.4, -0.2) is 37.7 Å². The molecule has 30 heavy (non-hydrogen) atoms. The van der Waals surface area contributed by atoms with Crippen molar-refractivity contribution in [1.82, 2.24) is 10.2 Å². The second-order valence-electron chi connectivity index (χ2n) is 9.67. The molecule has 3 nitrogen and oxygen atoms in total. The van der Waals surface area contributed by atoms with Crippen molar-refractivity contribution in [1.29, 1.82) is 0 Å². The van der Waals surface area contributed by atoms with Gasteiger partial charge in [-0.25, -0.2) is 0 Å². The first kappa shape index (κ1) is 21.4. The van der Waals surface area contributed by atoms with Crippen LogP contribution in [0.3, 0.4) is 0 Å². The Labute approximate surface area is 182 Å². The first-order valence-electron chi connectivity index (χ1n) is 11.9. The van der Waals surface area contributed by atoms with E-state index < -0.39 is 0 Å². The molecule has 2 aliphatic rings. The number of benzene rings is 2. The summed E-state index contributed by atoms with van der Waals surface area (Å²) in [4.78, 5) is 2.67. The molecule has 1 heterocycles. The number of nitrogens with one attached hydrogen (secondary N) is 1. The van der Waals surface area contributed by atoms with Crippen LogP contribution < -0.4 is 10.1 Å². The summed E-state index contributed by atoms with van der Waals surface area (Å²) < 4.78 is 6.08. The highest BCUT2D eigenvalue weighted by atomic mass is 16.5. The van der Waals surface area contributed by atoms with Gasteiger partial charge in [0.15, 0.2) is 0 Å². The van der Waals surface area contributed by atoms with Crippen LogP contribution in [0.15, 0.2) is 48.5 Å². The maximum absolute atomic E-state index is 6.08. The summed E-state index contributed by atoms with van der Waals surface area (Å²) in [6, 6.07) is 17.4. The summed E-state index contributed by atoms with van der Waals surface area (Å²) in [6.45, 7) is 10.1. The Kier molecular flexibility index (Phi) is 7.12. The molecule has 2 aromatic rings. The van der Waals surface area contributed by atoms with Gasteiger partial charge in [0.2, 0.25) is 0 Å². The van der Waals surface area contributed by atoms with Crippen LogP contribution in [0.4, 0.5) is 0 Å². The quantitative estimate of drug-likeness (QED) is 0.581. The number of likely N-dealkylation sites (tertiary alicyclic amines) is 1. The van der Waals surface area contributed by atoms with Gasteiger partial charge in [0.1, 0.15) is 5.75 Å². The summed E-state index contributed by atoms with van der Waals surface area (Å²) in [5.74, 6) is 1.87. The summed E-state index contributed by atoms with van der Waals surface area (Å²) in [5, 5.41) is 3.66. The molecule has 1 N–H and O–H groups in total. The molecule has 3 heteroatoms. The minimum absolute atomic E-state index is 0.0152. The molecule has 1 aliphatic heterocycles. The second kappa shape index (κ2) is 9.98. The van der Waals surface area contributed by atoms with Crippen LogP contribution in [-0.2, 0) is 18.4 Å². The van der Waals surface area contributed by atoms with Crippen molar-refractivity contribution in [2.24, 2.45) is 5.92 Å². The number of aryl methyl sites for hydroxylation is 1. The van der Waals surface area contributed by atoms with Crippen molar-refractivity contribution >= 4 is 0 Å². The monoisotopic (exact) mass is 406 g/mol. The molecule has 0 bridgehead atoms. The first-order valence-corrected chi connectivity index (χ1v) is 11.9. The van der Waals surface area contributed by atoms with E-state index >= 15 is 0 Å². The van der Waals surface area contributed by atoms with Gasteiger partial charge >= 0.3 is 0 Å². The maximum Gasteiger partial charge on any atom is 0.119 e. The van der Waals surface area contributed by atoms with Crippen LogP contribution in [0.2, 0.25) is 0 Å². The van der Waals surface area contributed by atoms with Crippen molar-refractivity contribution < 1.29 is 4.74 Å². The molecule has 1 atom stereocenters. The van der Waals surface area contributed by atoms with E-state index in [1.54, 1.807) is 5.56 Å². The summed E-state index contributed by atoms with van der Waals surface area (Å²) >= 11 is 0. The van der Waals surface area contributed by atoms with Gasteiger partial charge < -0.3 is 15.0 Å². The van der Waals surface area contributed by atoms with Crippen LogP contribution in [0, 0.1) is 5.92 Å². The molecule has 1 aliphatic carbocycles. The van der Waals surface area contributed by atoms with E-state index in [4.69, 9.17) is 4.74 Å². The lowest BCUT2D eigenvalue weighted by atomic mass is 9.83. The van der Waals surface area contributed by atoms with E-state index in [0.29, 0.717) is 0 Å². The van der Waals surface area contributed by atoms with Gasteiger partial charge in [0.05, 0.1) is 6.61 Å². The molecule has 2 aromatic carbocycles. The third kappa shape index (κ3) is 5.65. The van der Waals surface area contributed by atoms with Crippen LogP contribution >= 0.6 is 0 Å². The van der Waals surface area contributed by atoms with E-state index in [2.05, 4.69) is 72.6 Å². The van der Waals surface area contributed by atoms with Crippen molar-refractivity contribution in [2.75, 3.05) is 32.8 Å². The normalized spacial score (nSPS) is 19.6. The molecular formula is C27H38N2O. The van der Waals surface area contributed by atoms with Gasteiger partial charge in [-0.15, -0.1) is 0 Å². The van der Waals surface area contributed by atoms with Gasteiger partial charge in [0, 0.05) is 12.1 Å². The lowest BCUT2D eigenvalue weighted by Crippen LogP contribution is -2.37. The van der Waals surface area contributed by atoms with Crippen molar-refractivity contribution in [3.05, 3.63) is 65.2 Å². The molecule has 1 saturated heterocycles. The topological polar surface area (TPSA) is 24.5 Å². The molecule has 4 rings (SSSR count). The van der Waals surface area contributed by atoms with Crippen molar-refractivity contribution in [3.8, 4) is 5.75 Å². The number of ether oxygens (including phenoxy) is 1. The highest BCUT2D eigenvalue weighted by molar-refractivity contribution is 5.37. The predicted octanol–water partition coefficient (Wildman–Crippen LogP) is 5.18. The molecular weight excluding hydrogens is 368 g/mol. The van der Waals surface area contributed by atoms with E-state index in [-0.39, 0.29) is 5.54 Å². The molecule has 0 spiro atoms. The Morgan fingerprint density at radius 2 is 1.83 bits per heavy atom. The van der Waals surface area contributed by atoms with E-state index in [1.807, 2.05) is 0 Å². The highest BCUT2D eigenvalue weighted by Crippen LogP contribution is 2.30. The summed E-state index contributed by atoms with van der Waals surface area (Å²) in [6.07, 6.45) is 7.56. The van der Waals surface area contributed by atoms with Crippen LogP contribution in [0.1, 0.15) is 56.2 Å². The largest absolute Gasteiger partial charge is 0.494 e. The fourth-order valence-electron chi connectivity index (χ4n) is 5.00. The Balaban J connectivity index is 1.20. The average molecular weight is 407 g/mol. The summed E-state index contributed by atoms with van der Waals surface area (Å²) in [5.41, 5.74) is 4.36. The SMILES string of the molecule is CC(C)(NCCCOc1ccc2c(c1)CCC(CN1CCCC1)C2)c1ccccc1. The molecule has 0 saturated carbocycles. The third-order valence-electron chi connectivity index (χ3n) is 6.88. The van der Waals surface area contributed by atoms with Gasteiger partial charge in [-0.05, 0) is 107 Å². The zero-order valence-corrected chi connectivity index (χ0v) is 18.8. The predicted molar refractivity (Wildman–Crippen MR) is 125 cm³/mol. The van der Waals surface area contributed by atoms with Crippen molar-refractivity contribution in [2.45, 2.75) is 57.9 Å². The number of hydrogen-bond donors (Lipinski definition) is 1. The van der Waals surface area contributed by atoms with E-state index in [1.165, 1.54) is 62.9 Å². The Morgan fingerprint density at radius 3 is 2.63 bits per heavy atom. The zero-order chi connectivity index (χ0) is 20.8. The lowest BCUT2D eigenvalue weighted by Gasteiger charge is -2.28. The highest BCUT2D eigenvalue weighted by Gasteiger charge is 2.23. The minimum Gasteiger partial charge on any atom is -0.494 e. The van der Waals surface area contributed by atoms with Gasteiger partial charge in [-0.1, -0.05) is 36.4 Å². The molecule has 1 unspecified atom stereocenters. The number of rotatable bonds is 9. The van der Waals surface area contributed by atoms with E-state index in [0.717, 1.165) is 31.2 Å². The zero-order valence-electron chi connectivity index (χ0n) is 18.8. The lowest BCUT2D eigenvalue weighted by molar-refractivity contribution is 0.261. The molecule has 162 valence electrons. The van der Waals surface area contributed by atoms with Gasteiger partial charge in [-0.3, -0.25) is 0 Å². The Hall–Kier alpha value is -1.84. The molecule has 0 amide bonds. The number of nitrogens with zero attached hydrogens (tertiary/aromatic N) is 1. The van der Waals surface area contributed by atoms with Crippen LogP contribution in [0.5, 0.6) is 5.75 Å². The fourth-order valence-corrected chi connectivity index (χ4v) is 5.00. The second-order valence-corrected chi connectivity index (χ2v) is 9.67. The number of hydrogen-bond acceptors (Lipinski definition) is 3. The molecule has 0 aromatic heterocycles. The standard InChI is InChI=1S/C27H38N2O/c1-27(2,25-9-4-3-5-10-25)28-15-8-18-30-26-14-13-23-19-22(11-12-24(23)20-26)21-29-16-6-7-17-29/h3-5,9-10,13-14,20,22,28H,6-8,11-12,15-19,21H2,1-2H3. The molecule has 0 radical (unpaired) electrons. The fraction of sp³-hybridized carbons (Fsp3) is 0.556.